The highest BCUT2D eigenvalue weighted by Gasteiger charge is 2.18. The van der Waals surface area contributed by atoms with Crippen molar-refractivity contribution in [1.82, 2.24) is 10.2 Å². The zero-order chi connectivity index (χ0) is 11.4. The van der Waals surface area contributed by atoms with Gasteiger partial charge in [0.1, 0.15) is 0 Å². The molecule has 1 N–H and O–H groups in total. The van der Waals surface area contributed by atoms with E-state index in [1.54, 1.807) is 10.4 Å². The molecule has 0 bridgehead atoms. The quantitative estimate of drug-likeness (QED) is 0.867. The first-order valence-corrected chi connectivity index (χ1v) is 7.16. The maximum absolute atomic E-state index is 3.38. The normalized spacial score (nSPS) is 19.1. The molecule has 0 radical (unpaired) electrons. The van der Waals surface area contributed by atoms with Crippen molar-refractivity contribution in [3.05, 3.63) is 21.9 Å². The zero-order valence-corrected chi connectivity index (χ0v) is 11.1. The van der Waals surface area contributed by atoms with E-state index in [0.29, 0.717) is 0 Å². The Kier molecular flexibility index (Phi) is 4.38. The molecule has 1 saturated heterocycles. The summed E-state index contributed by atoms with van der Waals surface area (Å²) in [6, 6.07) is 3.02. The summed E-state index contributed by atoms with van der Waals surface area (Å²) in [7, 11) is 2.08. The van der Waals surface area contributed by atoms with Crippen LogP contribution >= 0.6 is 11.3 Å². The van der Waals surface area contributed by atoms with Crippen molar-refractivity contribution in [2.75, 3.05) is 20.1 Å². The number of nitrogens with zero attached hydrogens (tertiary/aromatic N) is 1. The van der Waals surface area contributed by atoms with Crippen molar-refractivity contribution in [2.24, 2.45) is 0 Å². The van der Waals surface area contributed by atoms with Gasteiger partial charge in [-0.1, -0.05) is 6.92 Å². The highest BCUT2D eigenvalue weighted by Crippen LogP contribution is 2.21. The number of rotatable bonds is 4. The maximum atomic E-state index is 3.38. The van der Waals surface area contributed by atoms with Crippen molar-refractivity contribution in [3.8, 4) is 0 Å². The number of thiophene rings is 1. The van der Waals surface area contributed by atoms with Gasteiger partial charge in [-0.25, -0.2) is 0 Å². The summed E-state index contributed by atoms with van der Waals surface area (Å²) in [5.74, 6) is 0. The molecular weight excluding hydrogens is 216 g/mol. The molecule has 1 aliphatic rings. The predicted octanol–water partition coefficient (Wildman–Crippen LogP) is 2.49. The minimum Gasteiger partial charge on any atom is -0.317 e. The maximum Gasteiger partial charge on any atom is 0.0330 e. The van der Waals surface area contributed by atoms with Gasteiger partial charge < -0.3 is 5.32 Å². The van der Waals surface area contributed by atoms with Crippen molar-refractivity contribution >= 4 is 11.3 Å². The van der Waals surface area contributed by atoms with E-state index in [1.807, 2.05) is 11.3 Å². The largest absolute Gasteiger partial charge is 0.317 e. The molecule has 1 fully saturated rings. The fourth-order valence-corrected chi connectivity index (χ4v) is 3.42. The molecule has 16 heavy (non-hydrogen) atoms. The average molecular weight is 238 g/mol. The fraction of sp³-hybridized carbons (Fsp3) is 0.692. The van der Waals surface area contributed by atoms with Crippen LogP contribution < -0.4 is 5.32 Å². The van der Waals surface area contributed by atoms with Crippen LogP contribution in [0.5, 0.6) is 0 Å². The van der Waals surface area contributed by atoms with E-state index in [4.69, 9.17) is 0 Å². The van der Waals surface area contributed by atoms with Gasteiger partial charge in [-0.2, -0.15) is 0 Å². The van der Waals surface area contributed by atoms with Crippen molar-refractivity contribution in [2.45, 2.75) is 38.8 Å². The summed E-state index contributed by atoms with van der Waals surface area (Å²) in [5, 5.41) is 5.61. The summed E-state index contributed by atoms with van der Waals surface area (Å²) >= 11 is 1.92. The van der Waals surface area contributed by atoms with Gasteiger partial charge in [0.25, 0.3) is 0 Å². The number of aryl methyl sites for hydroxylation is 1. The van der Waals surface area contributed by atoms with Crippen LogP contribution in [0.2, 0.25) is 0 Å². The number of likely N-dealkylation sites (tertiary alicyclic amines) is 1. The Labute approximate surface area is 103 Å². The van der Waals surface area contributed by atoms with Crippen LogP contribution in [0.1, 0.15) is 30.2 Å². The molecule has 0 unspecified atom stereocenters. The highest BCUT2D eigenvalue weighted by molar-refractivity contribution is 7.10. The first kappa shape index (κ1) is 12.1. The van der Waals surface area contributed by atoms with Gasteiger partial charge in [0.2, 0.25) is 0 Å². The van der Waals surface area contributed by atoms with Gasteiger partial charge in [-0.15, -0.1) is 11.3 Å². The molecule has 1 aromatic heterocycles. The Morgan fingerprint density at radius 3 is 2.81 bits per heavy atom. The van der Waals surface area contributed by atoms with Crippen LogP contribution in [0.25, 0.3) is 0 Å². The monoisotopic (exact) mass is 238 g/mol. The van der Waals surface area contributed by atoms with Gasteiger partial charge in [0, 0.05) is 17.5 Å². The van der Waals surface area contributed by atoms with Crippen LogP contribution in [0.15, 0.2) is 11.4 Å². The lowest BCUT2D eigenvalue weighted by atomic mass is 10.1. The molecular formula is C13H22N2S. The number of hydrogen-bond acceptors (Lipinski definition) is 3. The number of nitrogens with one attached hydrogen (secondary N) is 1. The topological polar surface area (TPSA) is 15.3 Å². The molecule has 2 heterocycles. The molecule has 0 saturated carbocycles. The van der Waals surface area contributed by atoms with E-state index in [-0.39, 0.29) is 0 Å². The minimum absolute atomic E-state index is 0.741. The second-order valence-corrected chi connectivity index (χ2v) is 5.56. The molecule has 0 aliphatic carbocycles. The summed E-state index contributed by atoms with van der Waals surface area (Å²) < 4.78 is 0. The third-order valence-corrected chi connectivity index (χ3v) is 4.53. The Bertz CT molecular complexity index is 313. The molecule has 3 heteroatoms. The highest BCUT2D eigenvalue weighted by atomic mass is 32.1. The van der Waals surface area contributed by atoms with Crippen LogP contribution in [-0.4, -0.2) is 31.1 Å². The fourth-order valence-electron chi connectivity index (χ4n) is 2.40. The number of piperidine rings is 1. The molecule has 0 aromatic carbocycles. The van der Waals surface area contributed by atoms with E-state index in [1.165, 1.54) is 32.4 Å². The van der Waals surface area contributed by atoms with Gasteiger partial charge in [-0.3, -0.25) is 4.90 Å². The second kappa shape index (κ2) is 5.80. The SMILES string of the molecule is CCc1ccsc1CN1CCC(NC)CC1. The molecule has 2 rings (SSSR count). The number of hydrogen-bond donors (Lipinski definition) is 1. The van der Waals surface area contributed by atoms with Gasteiger partial charge in [0.15, 0.2) is 0 Å². The third-order valence-electron chi connectivity index (χ3n) is 3.58. The van der Waals surface area contributed by atoms with E-state index < -0.39 is 0 Å². The lowest BCUT2D eigenvalue weighted by molar-refractivity contribution is 0.195. The van der Waals surface area contributed by atoms with E-state index in [2.05, 4.69) is 35.6 Å². The van der Waals surface area contributed by atoms with Crippen LogP contribution in [-0.2, 0) is 13.0 Å². The predicted molar refractivity (Wildman–Crippen MR) is 71.1 cm³/mol. The Hall–Kier alpha value is -0.380. The van der Waals surface area contributed by atoms with Crippen LogP contribution in [0.4, 0.5) is 0 Å². The first-order chi connectivity index (χ1) is 7.83. The molecule has 1 aliphatic heterocycles. The lowest BCUT2D eigenvalue weighted by Crippen LogP contribution is -2.40. The summed E-state index contributed by atoms with van der Waals surface area (Å²) in [5.41, 5.74) is 1.54. The van der Waals surface area contributed by atoms with E-state index in [0.717, 1.165) is 12.6 Å². The van der Waals surface area contributed by atoms with Crippen LogP contribution in [0, 0.1) is 0 Å². The summed E-state index contributed by atoms with van der Waals surface area (Å²) in [6.45, 7) is 5.90. The zero-order valence-electron chi connectivity index (χ0n) is 10.3. The average Bonchev–Trinajstić information content (AvgIpc) is 2.77. The minimum atomic E-state index is 0.741. The third kappa shape index (κ3) is 2.84. The molecule has 1 aromatic rings. The molecule has 0 amide bonds. The van der Waals surface area contributed by atoms with Crippen LogP contribution in [0.3, 0.4) is 0 Å². The molecule has 2 nitrogen and oxygen atoms in total. The Morgan fingerprint density at radius 1 is 1.44 bits per heavy atom. The molecule has 0 atom stereocenters. The van der Waals surface area contributed by atoms with Crippen molar-refractivity contribution < 1.29 is 0 Å². The van der Waals surface area contributed by atoms with Crippen molar-refractivity contribution in [3.63, 3.8) is 0 Å². The lowest BCUT2D eigenvalue weighted by Gasteiger charge is -2.31. The standard InChI is InChI=1S/C13H22N2S/c1-3-11-6-9-16-13(11)10-15-7-4-12(14-2)5-8-15/h6,9,12,14H,3-5,7-8,10H2,1-2H3. The van der Waals surface area contributed by atoms with Gasteiger partial charge in [0.05, 0.1) is 0 Å². The second-order valence-electron chi connectivity index (χ2n) is 4.56. The van der Waals surface area contributed by atoms with Gasteiger partial charge >= 0.3 is 0 Å². The molecule has 90 valence electrons. The Balaban J connectivity index is 1.87. The first-order valence-electron chi connectivity index (χ1n) is 6.28. The molecule has 0 spiro atoms. The summed E-state index contributed by atoms with van der Waals surface area (Å²) in [6.07, 6.45) is 3.76. The van der Waals surface area contributed by atoms with Crippen molar-refractivity contribution in [1.29, 1.82) is 0 Å². The summed E-state index contributed by atoms with van der Waals surface area (Å²) in [4.78, 5) is 4.17. The smallest absolute Gasteiger partial charge is 0.0330 e. The van der Waals surface area contributed by atoms with Gasteiger partial charge in [-0.05, 0) is 56.4 Å². The Morgan fingerprint density at radius 2 is 2.19 bits per heavy atom. The van der Waals surface area contributed by atoms with E-state index >= 15 is 0 Å². The van der Waals surface area contributed by atoms with E-state index in [9.17, 15) is 0 Å².